The minimum atomic E-state index is -1.15. The molecule has 0 aliphatic heterocycles. The monoisotopic (exact) mass is 295 g/mol. The maximum absolute atomic E-state index is 13.7. The first-order valence-electron chi connectivity index (χ1n) is 6.02. The zero-order valence-corrected chi connectivity index (χ0v) is 10.8. The fourth-order valence-electron chi connectivity index (χ4n) is 1.72. The van der Waals surface area contributed by atoms with Crippen LogP contribution in [0.2, 0.25) is 0 Å². The van der Waals surface area contributed by atoms with Gasteiger partial charge in [-0.15, -0.1) is 0 Å². The Labute approximate surface area is 118 Å². The molecule has 0 aliphatic carbocycles. The van der Waals surface area contributed by atoms with E-state index >= 15 is 0 Å². The second-order valence-electron chi connectivity index (χ2n) is 4.22. The van der Waals surface area contributed by atoms with E-state index in [-0.39, 0.29) is 12.4 Å². The van der Waals surface area contributed by atoms with Gasteiger partial charge in [0, 0.05) is 6.61 Å². The van der Waals surface area contributed by atoms with Crippen molar-refractivity contribution < 1.29 is 23.5 Å². The van der Waals surface area contributed by atoms with Crippen molar-refractivity contribution in [3.05, 3.63) is 63.7 Å². The van der Waals surface area contributed by atoms with E-state index < -0.39 is 28.0 Å². The molecular formula is C14H11F2NO4. The lowest BCUT2D eigenvalue weighted by Crippen LogP contribution is -1.97. The topological polar surface area (TPSA) is 72.6 Å². The van der Waals surface area contributed by atoms with Gasteiger partial charge in [-0.3, -0.25) is 10.1 Å². The van der Waals surface area contributed by atoms with Crippen LogP contribution in [-0.2, 0) is 6.42 Å². The first-order chi connectivity index (χ1) is 10.0. The highest BCUT2D eigenvalue weighted by atomic mass is 19.1. The van der Waals surface area contributed by atoms with Gasteiger partial charge in [0.2, 0.25) is 0 Å². The van der Waals surface area contributed by atoms with E-state index in [1.54, 1.807) is 12.1 Å². The number of nitro benzene ring substituents is 1. The van der Waals surface area contributed by atoms with Crippen LogP contribution in [0.15, 0.2) is 36.4 Å². The molecule has 7 heteroatoms. The van der Waals surface area contributed by atoms with Crippen LogP contribution in [-0.4, -0.2) is 16.6 Å². The molecule has 2 rings (SSSR count). The average Bonchev–Trinajstić information content (AvgIpc) is 2.44. The maximum Gasteiger partial charge on any atom is 0.275 e. The van der Waals surface area contributed by atoms with Crippen LogP contribution in [0, 0.1) is 21.7 Å². The largest absolute Gasteiger partial charge is 0.451 e. The molecule has 1 N–H and O–H groups in total. The quantitative estimate of drug-likeness (QED) is 0.679. The van der Waals surface area contributed by atoms with E-state index in [4.69, 9.17) is 9.84 Å². The van der Waals surface area contributed by atoms with Crippen molar-refractivity contribution in [1.82, 2.24) is 0 Å². The number of benzene rings is 2. The highest BCUT2D eigenvalue weighted by molar-refractivity contribution is 5.41. The molecule has 0 radical (unpaired) electrons. The first kappa shape index (κ1) is 14.9. The Morgan fingerprint density at radius 3 is 2.19 bits per heavy atom. The predicted molar refractivity (Wildman–Crippen MR) is 70.3 cm³/mol. The number of aliphatic hydroxyl groups excluding tert-OH is 1. The highest BCUT2D eigenvalue weighted by Crippen LogP contribution is 2.31. The molecule has 2 aromatic carbocycles. The van der Waals surface area contributed by atoms with Crippen molar-refractivity contribution in [3.8, 4) is 11.5 Å². The van der Waals surface area contributed by atoms with Crippen LogP contribution in [0.1, 0.15) is 5.56 Å². The fourth-order valence-corrected chi connectivity index (χ4v) is 1.72. The molecule has 0 fully saturated rings. The second-order valence-corrected chi connectivity index (χ2v) is 4.22. The number of halogens is 2. The van der Waals surface area contributed by atoms with Gasteiger partial charge in [-0.05, 0) is 24.1 Å². The fraction of sp³-hybridized carbons (Fsp3) is 0.143. The van der Waals surface area contributed by atoms with E-state index in [9.17, 15) is 18.9 Å². The number of aliphatic hydroxyl groups is 1. The van der Waals surface area contributed by atoms with Gasteiger partial charge in [0.1, 0.15) is 5.75 Å². The molecule has 0 saturated carbocycles. The summed E-state index contributed by atoms with van der Waals surface area (Å²) < 4.78 is 32.4. The third kappa shape index (κ3) is 3.51. The molecule has 0 aliphatic rings. The molecule has 0 atom stereocenters. The standard InChI is InChI=1S/C14H11F2NO4/c15-12-7-10(17(19)20)8-13(16)14(12)21-11-3-1-9(2-4-11)5-6-18/h1-4,7-8,18H,5-6H2. The third-order valence-corrected chi connectivity index (χ3v) is 2.74. The van der Waals surface area contributed by atoms with Crippen molar-refractivity contribution in [2.45, 2.75) is 6.42 Å². The van der Waals surface area contributed by atoms with Gasteiger partial charge in [-0.2, -0.15) is 0 Å². The summed E-state index contributed by atoms with van der Waals surface area (Å²) in [6.45, 7) is -0.00812. The molecule has 5 nitrogen and oxygen atoms in total. The van der Waals surface area contributed by atoms with Crippen LogP contribution in [0.3, 0.4) is 0 Å². The second kappa shape index (κ2) is 6.27. The summed E-state index contributed by atoms with van der Waals surface area (Å²) in [6.07, 6.45) is 0.459. The highest BCUT2D eigenvalue weighted by Gasteiger charge is 2.18. The van der Waals surface area contributed by atoms with Gasteiger partial charge in [-0.1, -0.05) is 12.1 Å². The van der Waals surface area contributed by atoms with Gasteiger partial charge in [0.15, 0.2) is 17.4 Å². The Bertz CT molecular complexity index is 636. The zero-order chi connectivity index (χ0) is 15.4. The predicted octanol–water partition coefficient (Wildman–Crippen LogP) is 3.20. The summed E-state index contributed by atoms with van der Waals surface area (Å²) in [7, 11) is 0. The van der Waals surface area contributed by atoms with E-state index in [2.05, 4.69) is 0 Å². The SMILES string of the molecule is O=[N+]([O-])c1cc(F)c(Oc2ccc(CCO)cc2)c(F)c1. The Morgan fingerprint density at radius 2 is 1.71 bits per heavy atom. The van der Waals surface area contributed by atoms with Crippen LogP contribution in [0.25, 0.3) is 0 Å². The van der Waals surface area contributed by atoms with Gasteiger partial charge < -0.3 is 9.84 Å². The van der Waals surface area contributed by atoms with E-state index in [0.29, 0.717) is 18.6 Å². The molecule has 0 bridgehead atoms. The molecule has 21 heavy (non-hydrogen) atoms. The lowest BCUT2D eigenvalue weighted by molar-refractivity contribution is -0.385. The van der Waals surface area contributed by atoms with Crippen molar-refractivity contribution in [2.24, 2.45) is 0 Å². The van der Waals surface area contributed by atoms with Crippen LogP contribution < -0.4 is 4.74 Å². The van der Waals surface area contributed by atoms with Gasteiger partial charge in [0.05, 0.1) is 17.1 Å². The zero-order valence-electron chi connectivity index (χ0n) is 10.8. The molecule has 110 valence electrons. The molecule has 0 spiro atoms. The number of rotatable bonds is 5. The summed E-state index contributed by atoms with van der Waals surface area (Å²) in [5.41, 5.74) is 0.158. The number of hydrogen-bond donors (Lipinski definition) is 1. The number of non-ortho nitro benzene ring substituents is 1. The summed E-state index contributed by atoms with van der Waals surface area (Å²) in [4.78, 5) is 9.60. The molecule has 0 saturated heterocycles. The summed E-state index contributed by atoms with van der Waals surface area (Å²) in [5, 5.41) is 19.3. The Balaban J connectivity index is 2.25. The molecule has 0 unspecified atom stereocenters. The average molecular weight is 295 g/mol. The summed E-state index contributed by atoms with van der Waals surface area (Å²) in [6, 6.07) is 7.47. The van der Waals surface area contributed by atoms with Crippen molar-refractivity contribution >= 4 is 5.69 Å². The lowest BCUT2D eigenvalue weighted by atomic mass is 10.1. The molecule has 0 amide bonds. The number of ether oxygens (including phenoxy) is 1. The Hall–Kier alpha value is -2.54. The van der Waals surface area contributed by atoms with E-state index in [0.717, 1.165) is 5.56 Å². The van der Waals surface area contributed by atoms with Crippen molar-refractivity contribution in [2.75, 3.05) is 6.61 Å². The minimum Gasteiger partial charge on any atom is -0.451 e. The summed E-state index contributed by atoms with van der Waals surface area (Å²) in [5.74, 6) is -2.82. The number of hydrogen-bond acceptors (Lipinski definition) is 4. The van der Waals surface area contributed by atoms with Gasteiger partial charge in [0.25, 0.3) is 5.69 Å². The number of nitro groups is 1. The molecule has 2 aromatic rings. The third-order valence-electron chi connectivity index (χ3n) is 2.74. The minimum absolute atomic E-state index is 0.00812. The first-order valence-corrected chi connectivity index (χ1v) is 6.02. The Kier molecular flexibility index (Phi) is 4.44. The summed E-state index contributed by atoms with van der Waals surface area (Å²) >= 11 is 0. The smallest absolute Gasteiger partial charge is 0.275 e. The van der Waals surface area contributed by atoms with E-state index in [1.807, 2.05) is 0 Å². The Morgan fingerprint density at radius 1 is 1.14 bits per heavy atom. The van der Waals surface area contributed by atoms with Gasteiger partial charge >= 0.3 is 0 Å². The molecular weight excluding hydrogens is 284 g/mol. The normalized spacial score (nSPS) is 10.4. The molecule has 0 heterocycles. The van der Waals surface area contributed by atoms with Crippen LogP contribution in [0.4, 0.5) is 14.5 Å². The molecule has 0 aromatic heterocycles. The lowest BCUT2D eigenvalue weighted by Gasteiger charge is -2.08. The van der Waals surface area contributed by atoms with E-state index in [1.165, 1.54) is 12.1 Å². The van der Waals surface area contributed by atoms with Crippen molar-refractivity contribution in [3.63, 3.8) is 0 Å². The maximum atomic E-state index is 13.7. The van der Waals surface area contributed by atoms with Crippen LogP contribution >= 0.6 is 0 Å². The van der Waals surface area contributed by atoms with Crippen molar-refractivity contribution in [1.29, 1.82) is 0 Å². The van der Waals surface area contributed by atoms with Crippen LogP contribution in [0.5, 0.6) is 11.5 Å². The van der Waals surface area contributed by atoms with Gasteiger partial charge in [-0.25, -0.2) is 8.78 Å². The number of nitrogens with zero attached hydrogens (tertiary/aromatic N) is 1.